The summed E-state index contributed by atoms with van der Waals surface area (Å²) in [5.41, 5.74) is 2.92. The molecule has 14 nitrogen and oxygen atoms in total. The first-order valence-electron chi connectivity index (χ1n) is 13.8. The van der Waals surface area contributed by atoms with Gasteiger partial charge in [-0.15, -0.1) is 0 Å². The second-order valence-corrected chi connectivity index (χ2v) is 13.4. The quantitative estimate of drug-likeness (QED) is 0.182. The lowest BCUT2D eigenvalue weighted by molar-refractivity contribution is 0.403. The van der Waals surface area contributed by atoms with E-state index in [1.165, 1.54) is 12.4 Å². The van der Waals surface area contributed by atoms with Gasteiger partial charge in [0.25, 0.3) is 10.0 Å². The summed E-state index contributed by atoms with van der Waals surface area (Å²) in [4.78, 5) is 15.7. The second-order valence-electron chi connectivity index (χ2n) is 10.5. The van der Waals surface area contributed by atoms with Crippen molar-refractivity contribution in [1.29, 1.82) is 0 Å². The Bertz CT molecular complexity index is 1870. The third-order valence-corrected chi connectivity index (χ3v) is 9.81. The SMILES string of the molecule is Cn1cc(C#Cc2cnc(Nc3ccnc(-c4cnn(S(=O)(=O)C5CC5)c4)n3)cc2N2CCC(CN[SH](=O)=O)CC2)cn1. The van der Waals surface area contributed by atoms with Crippen LogP contribution in [0.5, 0.6) is 0 Å². The van der Waals surface area contributed by atoms with E-state index >= 15 is 0 Å². The fourth-order valence-electron chi connectivity index (χ4n) is 4.85. The third kappa shape index (κ3) is 6.85. The Labute approximate surface area is 250 Å². The second kappa shape index (κ2) is 12.1. The van der Waals surface area contributed by atoms with Gasteiger partial charge in [0, 0.05) is 51.3 Å². The molecule has 1 saturated carbocycles. The summed E-state index contributed by atoms with van der Waals surface area (Å²) in [5.74, 6) is 8.00. The monoisotopic (exact) mass is 622 g/mol. The van der Waals surface area contributed by atoms with E-state index in [2.05, 4.69) is 51.9 Å². The van der Waals surface area contributed by atoms with Crippen LogP contribution < -0.4 is 14.9 Å². The van der Waals surface area contributed by atoms with Crippen molar-refractivity contribution in [3.05, 3.63) is 60.4 Å². The number of nitrogens with one attached hydrogen (secondary N) is 2. The summed E-state index contributed by atoms with van der Waals surface area (Å²) in [7, 11) is -4.26. The van der Waals surface area contributed by atoms with Gasteiger partial charge in [-0.1, -0.05) is 11.8 Å². The number of piperidine rings is 1. The number of thiol groups is 1. The van der Waals surface area contributed by atoms with Crippen molar-refractivity contribution >= 4 is 38.2 Å². The maximum Gasteiger partial charge on any atom is 0.256 e. The zero-order valence-corrected chi connectivity index (χ0v) is 25.0. The van der Waals surface area contributed by atoms with E-state index in [0.717, 1.165) is 46.8 Å². The maximum atomic E-state index is 12.5. The lowest BCUT2D eigenvalue weighted by atomic mass is 9.96. The Morgan fingerprint density at radius 1 is 1.00 bits per heavy atom. The number of rotatable bonds is 9. The first-order chi connectivity index (χ1) is 20.7. The highest BCUT2D eigenvalue weighted by molar-refractivity contribution is 7.90. The Hall–Kier alpha value is -4.33. The van der Waals surface area contributed by atoms with Crippen molar-refractivity contribution in [2.24, 2.45) is 13.0 Å². The summed E-state index contributed by atoms with van der Waals surface area (Å²) in [6, 6.07) is 3.62. The zero-order chi connectivity index (χ0) is 30.0. The van der Waals surface area contributed by atoms with Crippen molar-refractivity contribution in [2.75, 3.05) is 29.9 Å². The van der Waals surface area contributed by atoms with Crippen LogP contribution in [0.1, 0.15) is 36.8 Å². The smallest absolute Gasteiger partial charge is 0.256 e. The summed E-state index contributed by atoms with van der Waals surface area (Å²) >= 11 is 0. The average Bonchev–Trinajstić information content (AvgIpc) is 3.60. The van der Waals surface area contributed by atoms with Gasteiger partial charge in [0.2, 0.25) is 10.9 Å². The molecular formula is C27H30N10O4S2. The Morgan fingerprint density at radius 3 is 2.53 bits per heavy atom. The van der Waals surface area contributed by atoms with Gasteiger partial charge in [-0.05, 0) is 37.7 Å². The minimum absolute atomic E-state index is 0.261. The van der Waals surface area contributed by atoms with Gasteiger partial charge in [-0.2, -0.15) is 14.3 Å². The minimum atomic E-state index is -3.49. The molecule has 2 N–H and O–H groups in total. The van der Waals surface area contributed by atoms with Crippen molar-refractivity contribution in [3.8, 4) is 23.2 Å². The molecule has 16 heteroatoms. The molecule has 1 aliphatic carbocycles. The molecule has 0 aromatic carbocycles. The molecular weight excluding hydrogens is 592 g/mol. The Kier molecular flexibility index (Phi) is 8.10. The highest BCUT2D eigenvalue weighted by Crippen LogP contribution is 2.31. The molecule has 43 heavy (non-hydrogen) atoms. The topological polar surface area (TPSA) is 170 Å². The van der Waals surface area contributed by atoms with E-state index in [0.29, 0.717) is 42.4 Å². The molecule has 1 saturated heterocycles. The van der Waals surface area contributed by atoms with E-state index in [9.17, 15) is 16.8 Å². The molecule has 0 radical (unpaired) electrons. The number of aryl methyl sites for hydroxylation is 1. The molecule has 5 heterocycles. The molecule has 2 fully saturated rings. The van der Waals surface area contributed by atoms with Crippen LogP contribution in [0, 0.1) is 17.8 Å². The number of aromatic nitrogens is 7. The van der Waals surface area contributed by atoms with Crippen LogP contribution in [-0.4, -0.2) is 75.6 Å². The number of hydrogen-bond donors (Lipinski definition) is 3. The molecule has 0 atom stereocenters. The van der Waals surface area contributed by atoms with Gasteiger partial charge in [0.05, 0.1) is 46.2 Å². The standard InChI is InChI=1S/C27H30N10O4S2/c1-35-17-20(13-30-35)2-3-21-15-29-26(12-24(21)36-10-7-19(8-11-36)14-32-42(38)39)33-25-6-9-28-27(34-25)22-16-31-37(18-22)43(40,41)23-4-5-23/h6,9,12-13,15-19,23,42H,4-5,7-8,10-11,14H2,1H3,(H,32,38,39)(H,28,29,33,34). The first-order valence-corrected chi connectivity index (χ1v) is 16.5. The molecule has 0 unspecified atom stereocenters. The van der Waals surface area contributed by atoms with Crippen LogP contribution in [0.2, 0.25) is 0 Å². The number of hydrogen-bond acceptors (Lipinski definition) is 11. The number of pyridine rings is 1. The van der Waals surface area contributed by atoms with E-state index in [-0.39, 0.29) is 11.2 Å². The molecule has 0 amide bonds. The lowest BCUT2D eigenvalue weighted by Gasteiger charge is -2.34. The summed E-state index contributed by atoms with van der Waals surface area (Å²) < 4.78 is 52.2. The van der Waals surface area contributed by atoms with Crippen LogP contribution in [0.25, 0.3) is 11.4 Å². The normalized spacial score (nSPS) is 15.8. The maximum absolute atomic E-state index is 12.5. The Morgan fingerprint density at radius 2 is 1.81 bits per heavy atom. The van der Waals surface area contributed by atoms with E-state index in [1.54, 1.807) is 29.3 Å². The molecule has 0 bridgehead atoms. The van der Waals surface area contributed by atoms with Crippen molar-refractivity contribution in [3.63, 3.8) is 0 Å². The average molecular weight is 623 g/mol. The van der Waals surface area contributed by atoms with Crippen molar-refractivity contribution in [1.82, 2.24) is 38.6 Å². The molecule has 6 rings (SSSR count). The largest absolute Gasteiger partial charge is 0.370 e. The summed E-state index contributed by atoms with van der Waals surface area (Å²) in [6.07, 6.45) is 12.7. The zero-order valence-electron chi connectivity index (χ0n) is 23.3. The van der Waals surface area contributed by atoms with E-state index < -0.39 is 20.9 Å². The molecule has 4 aromatic heterocycles. The molecule has 224 valence electrons. The summed E-state index contributed by atoms with van der Waals surface area (Å²) in [5, 5.41) is 11.1. The predicted octanol–water partition coefficient (Wildman–Crippen LogP) is 1.28. The van der Waals surface area contributed by atoms with Crippen molar-refractivity contribution < 1.29 is 16.8 Å². The van der Waals surface area contributed by atoms with Gasteiger partial charge in [0.15, 0.2) is 5.82 Å². The van der Waals surface area contributed by atoms with Crippen molar-refractivity contribution in [2.45, 2.75) is 30.9 Å². The molecule has 2 aliphatic rings. The van der Waals surface area contributed by atoms with Gasteiger partial charge in [-0.25, -0.2) is 36.5 Å². The molecule has 0 spiro atoms. The van der Waals surface area contributed by atoms with Crippen LogP contribution in [0.3, 0.4) is 0 Å². The first kappa shape index (κ1) is 28.8. The van der Waals surface area contributed by atoms with E-state index in [1.807, 2.05) is 19.3 Å². The molecule has 1 aliphatic heterocycles. The van der Waals surface area contributed by atoms with Crippen LogP contribution in [0.4, 0.5) is 17.3 Å². The minimum Gasteiger partial charge on any atom is -0.370 e. The third-order valence-electron chi connectivity index (χ3n) is 7.33. The fraction of sp³-hybridized carbons (Fsp3) is 0.370. The summed E-state index contributed by atoms with van der Waals surface area (Å²) in [6.45, 7) is 1.90. The highest BCUT2D eigenvalue weighted by atomic mass is 32.2. The van der Waals surface area contributed by atoms with Gasteiger partial charge < -0.3 is 10.2 Å². The molecule has 4 aromatic rings. The van der Waals surface area contributed by atoms with Crippen LogP contribution in [0.15, 0.2) is 49.3 Å². The lowest BCUT2D eigenvalue weighted by Crippen LogP contribution is -2.37. The van der Waals surface area contributed by atoms with Crippen LogP contribution >= 0.6 is 0 Å². The Balaban J connectivity index is 1.24. The van der Waals surface area contributed by atoms with Gasteiger partial charge >= 0.3 is 0 Å². The fourth-order valence-corrected chi connectivity index (χ4v) is 6.74. The van der Waals surface area contributed by atoms with Crippen LogP contribution in [-0.2, 0) is 28.0 Å². The highest BCUT2D eigenvalue weighted by Gasteiger charge is 2.37. The van der Waals surface area contributed by atoms with E-state index in [4.69, 9.17) is 0 Å². The van der Waals surface area contributed by atoms with Gasteiger partial charge in [0.1, 0.15) is 11.6 Å². The number of nitrogens with zero attached hydrogens (tertiary/aromatic N) is 8. The number of anilines is 3. The van der Waals surface area contributed by atoms with Gasteiger partial charge in [-0.3, -0.25) is 4.68 Å². The predicted molar refractivity (Wildman–Crippen MR) is 161 cm³/mol.